The first kappa shape index (κ1) is 30.1. The van der Waals surface area contributed by atoms with Gasteiger partial charge in [-0.05, 0) is 86.8 Å². The number of rotatable bonds is 7. The van der Waals surface area contributed by atoms with E-state index in [0.29, 0.717) is 18.2 Å². The summed E-state index contributed by atoms with van der Waals surface area (Å²) < 4.78 is 47.1. The molecule has 2 aromatic carbocycles. The van der Waals surface area contributed by atoms with Crippen LogP contribution in [0.5, 0.6) is 5.75 Å². The zero-order valence-corrected chi connectivity index (χ0v) is 23.9. The minimum atomic E-state index is -4.75. The van der Waals surface area contributed by atoms with Crippen LogP contribution in [0.25, 0.3) is 0 Å². The fraction of sp³-hybridized carbons (Fsp3) is 0.464. The minimum Gasteiger partial charge on any atom is -0.492 e. The lowest BCUT2D eigenvalue weighted by Crippen LogP contribution is -2.45. The van der Waals surface area contributed by atoms with Crippen molar-refractivity contribution in [2.75, 3.05) is 49.1 Å². The molecule has 2 aromatic rings. The number of halogens is 4. The average molecular weight is 594 g/mol. The molecule has 1 aliphatic carbocycles. The third-order valence-corrected chi connectivity index (χ3v) is 7.86. The Morgan fingerprint density at radius 2 is 1.80 bits per heavy atom. The van der Waals surface area contributed by atoms with E-state index in [9.17, 15) is 18.0 Å². The number of piperazine rings is 1. The van der Waals surface area contributed by atoms with Crippen LogP contribution in [0.4, 0.5) is 24.5 Å². The molecule has 214 valence electrons. The van der Waals surface area contributed by atoms with Gasteiger partial charge in [0.25, 0.3) is 5.91 Å². The lowest BCUT2D eigenvalue weighted by atomic mass is 10.0. The highest BCUT2D eigenvalue weighted by atomic mass is 35.5. The number of hydrogen-bond donors (Lipinski definition) is 1. The Kier molecular flexibility index (Phi) is 8.66. The lowest BCUT2D eigenvalue weighted by molar-refractivity contribution is -0.137. The number of amides is 1. The standard InChI is InChI=1S/C28H30F3N5O2S.ClH/c1-27(2)25(37)35(20-6-5-19(17-32)23(16-20)28(29,30)31)26(39)36(27)21-7-8-24(22(15-21)18-3-4-18)38-14-13-34-11-9-33-10-12-34;/h5-8,15-16,18,33H,3-4,9-14H2,1-2H3;1H. The van der Waals surface area contributed by atoms with Gasteiger partial charge in [0.15, 0.2) is 5.11 Å². The molecule has 5 rings (SSSR count). The average Bonchev–Trinajstić information content (AvgIpc) is 3.72. The van der Waals surface area contributed by atoms with Crippen molar-refractivity contribution < 1.29 is 22.7 Å². The molecule has 0 bridgehead atoms. The number of carbonyl (C=O) groups is 1. The fourth-order valence-electron chi connectivity index (χ4n) is 5.20. The number of anilines is 2. The first-order valence-electron chi connectivity index (χ1n) is 13.0. The monoisotopic (exact) mass is 593 g/mol. The molecular weight excluding hydrogens is 563 g/mol. The van der Waals surface area contributed by atoms with Crippen LogP contribution in [0.2, 0.25) is 0 Å². The highest BCUT2D eigenvalue weighted by molar-refractivity contribution is 7.81. The molecule has 2 saturated heterocycles. The summed E-state index contributed by atoms with van der Waals surface area (Å²) in [7, 11) is 0. The smallest absolute Gasteiger partial charge is 0.417 e. The molecule has 3 fully saturated rings. The van der Waals surface area contributed by atoms with Gasteiger partial charge in [-0.15, -0.1) is 12.4 Å². The van der Waals surface area contributed by atoms with E-state index in [0.717, 1.165) is 73.9 Å². The SMILES string of the molecule is CC1(C)C(=O)N(c2ccc(C#N)c(C(F)(F)F)c2)C(=S)N1c1ccc(OCCN2CCNCC2)c(C2CC2)c1.Cl. The zero-order chi connectivity index (χ0) is 27.9. The van der Waals surface area contributed by atoms with E-state index in [-0.39, 0.29) is 23.2 Å². The molecule has 40 heavy (non-hydrogen) atoms. The molecule has 0 atom stereocenters. The molecule has 1 saturated carbocycles. The van der Waals surface area contributed by atoms with Crippen molar-refractivity contribution in [2.45, 2.75) is 44.3 Å². The molecule has 1 amide bonds. The number of nitriles is 1. The third kappa shape index (κ3) is 5.77. The Labute approximate surface area is 243 Å². The largest absolute Gasteiger partial charge is 0.492 e. The van der Waals surface area contributed by atoms with Crippen molar-refractivity contribution >= 4 is 47.0 Å². The molecule has 1 N–H and O–H groups in total. The predicted octanol–water partition coefficient (Wildman–Crippen LogP) is 5.08. The van der Waals surface area contributed by atoms with E-state index in [4.69, 9.17) is 22.2 Å². The molecule has 2 heterocycles. The van der Waals surface area contributed by atoms with Crippen LogP contribution in [-0.2, 0) is 11.0 Å². The van der Waals surface area contributed by atoms with Gasteiger partial charge in [-0.3, -0.25) is 14.6 Å². The summed E-state index contributed by atoms with van der Waals surface area (Å²) >= 11 is 5.69. The maximum absolute atomic E-state index is 13.6. The summed E-state index contributed by atoms with van der Waals surface area (Å²) in [4.78, 5) is 18.7. The fourth-order valence-corrected chi connectivity index (χ4v) is 5.72. The number of nitrogens with zero attached hydrogens (tertiary/aromatic N) is 4. The zero-order valence-electron chi connectivity index (χ0n) is 22.3. The summed E-state index contributed by atoms with van der Waals surface area (Å²) in [5.41, 5.74) is -1.05. The molecule has 2 aliphatic heterocycles. The van der Waals surface area contributed by atoms with E-state index in [2.05, 4.69) is 10.2 Å². The van der Waals surface area contributed by atoms with Crippen LogP contribution < -0.4 is 19.9 Å². The molecule has 12 heteroatoms. The van der Waals surface area contributed by atoms with Crippen molar-refractivity contribution in [1.29, 1.82) is 5.26 Å². The van der Waals surface area contributed by atoms with E-state index < -0.39 is 28.7 Å². The predicted molar refractivity (Wildman–Crippen MR) is 153 cm³/mol. The second kappa shape index (κ2) is 11.5. The molecule has 0 unspecified atom stereocenters. The number of alkyl halides is 3. The van der Waals surface area contributed by atoms with Crippen LogP contribution in [0.1, 0.15) is 49.3 Å². The molecule has 0 aromatic heterocycles. The van der Waals surface area contributed by atoms with Crippen molar-refractivity contribution in [3.05, 3.63) is 53.1 Å². The van der Waals surface area contributed by atoms with E-state index >= 15 is 0 Å². The summed E-state index contributed by atoms with van der Waals surface area (Å²) in [6.07, 6.45) is -2.66. The quantitative estimate of drug-likeness (QED) is 0.449. The normalized spacial score (nSPS) is 19.4. The van der Waals surface area contributed by atoms with E-state index in [1.807, 2.05) is 18.2 Å². The number of nitrogens with one attached hydrogen (secondary N) is 1. The Hall–Kier alpha value is -2.91. The van der Waals surface area contributed by atoms with Crippen LogP contribution in [0, 0.1) is 11.3 Å². The van der Waals surface area contributed by atoms with Crippen LogP contribution in [-0.4, -0.2) is 60.8 Å². The molecule has 7 nitrogen and oxygen atoms in total. The van der Waals surface area contributed by atoms with Gasteiger partial charge < -0.3 is 15.0 Å². The van der Waals surface area contributed by atoms with Gasteiger partial charge in [-0.25, -0.2) is 0 Å². The maximum atomic E-state index is 13.6. The van der Waals surface area contributed by atoms with Crippen molar-refractivity contribution in [2.24, 2.45) is 0 Å². The number of ether oxygens (including phenoxy) is 1. The first-order valence-corrected chi connectivity index (χ1v) is 13.4. The van der Waals surface area contributed by atoms with Crippen molar-refractivity contribution in [3.8, 4) is 11.8 Å². The Balaban J connectivity index is 0.00000370. The summed E-state index contributed by atoms with van der Waals surface area (Å²) in [6, 6.07) is 10.5. The topological polar surface area (TPSA) is 71.8 Å². The number of thiocarbonyl (C=S) groups is 1. The molecular formula is C28H31ClF3N5O2S. The summed E-state index contributed by atoms with van der Waals surface area (Å²) in [5.74, 6) is 0.720. The van der Waals surface area contributed by atoms with Gasteiger partial charge in [0, 0.05) is 38.4 Å². The maximum Gasteiger partial charge on any atom is 0.417 e. The third-order valence-electron chi connectivity index (χ3n) is 7.50. The minimum absolute atomic E-state index is 0. The van der Waals surface area contributed by atoms with Crippen molar-refractivity contribution in [1.82, 2.24) is 10.2 Å². The van der Waals surface area contributed by atoms with Gasteiger partial charge in [0.2, 0.25) is 0 Å². The first-order chi connectivity index (χ1) is 18.5. The van der Waals surface area contributed by atoms with Crippen LogP contribution >= 0.6 is 24.6 Å². The number of hydrogen-bond acceptors (Lipinski definition) is 6. The van der Waals surface area contributed by atoms with Gasteiger partial charge in [-0.2, -0.15) is 18.4 Å². The Morgan fingerprint density at radius 1 is 1.12 bits per heavy atom. The van der Waals surface area contributed by atoms with Gasteiger partial charge in [-0.1, -0.05) is 0 Å². The number of carbonyl (C=O) groups excluding carboxylic acids is 1. The number of benzene rings is 2. The highest BCUT2D eigenvalue weighted by Gasteiger charge is 2.51. The summed E-state index contributed by atoms with van der Waals surface area (Å²) in [5, 5.41) is 12.6. The van der Waals surface area contributed by atoms with Crippen molar-refractivity contribution in [3.63, 3.8) is 0 Å². The van der Waals surface area contributed by atoms with E-state index in [1.165, 1.54) is 6.07 Å². The second-order valence-electron chi connectivity index (χ2n) is 10.6. The lowest BCUT2D eigenvalue weighted by Gasteiger charge is -2.30. The molecule has 3 aliphatic rings. The molecule has 0 spiro atoms. The van der Waals surface area contributed by atoms with Crippen LogP contribution in [0.3, 0.4) is 0 Å². The Morgan fingerprint density at radius 3 is 2.42 bits per heavy atom. The molecule has 0 radical (unpaired) electrons. The highest BCUT2D eigenvalue weighted by Crippen LogP contribution is 2.47. The van der Waals surface area contributed by atoms with Crippen LogP contribution in [0.15, 0.2) is 36.4 Å². The Bertz CT molecular complexity index is 1340. The van der Waals surface area contributed by atoms with E-state index in [1.54, 1.807) is 24.8 Å². The van der Waals surface area contributed by atoms with Gasteiger partial charge in [0.1, 0.15) is 17.9 Å². The summed E-state index contributed by atoms with van der Waals surface area (Å²) in [6.45, 7) is 8.74. The second-order valence-corrected chi connectivity index (χ2v) is 11.0. The van der Waals surface area contributed by atoms with Gasteiger partial charge >= 0.3 is 6.18 Å². The van der Waals surface area contributed by atoms with Gasteiger partial charge in [0.05, 0.1) is 22.9 Å².